The minimum absolute atomic E-state index is 0.576. The molecule has 0 amide bonds. The molecule has 0 N–H and O–H groups in total. The van der Waals surface area contributed by atoms with Crippen LogP contribution in [0.2, 0.25) is 0 Å². The number of rotatable bonds is 2. The molecule has 1 atom stereocenters. The summed E-state index contributed by atoms with van der Waals surface area (Å²) in [5.74, 6) is 2.48. The third kappa shape index (κ3) is 1.96. The molecule has 1 saturated heterocycles. The maximum atomic E-state index is 4.24. The van der Waals surface area contributed by atoms with Gasteiger partial charge >= 0.3 is 0 Å². The molecule has 4 heteroatoms. The van der Waals surface area contributed by atoms with Gasteiger partial charge in [-0.1, -0.05) is 6.92 Å². The molecule has 0 aliphatic carbocycles. The van der Waals surface area contributed by atoms with Crippen LogP contribution in [-0.4, -0.2) is 39.3 Å². The zero-order chi connectivity index (χ0) is 9.97. The fourth-order valence-electron chi connectivity index (χ4n) is 1.94. The Bertz CT molecular complexity index is 297. The van der Waals surface area contributed by atoms with Crippen LogP contribution in [0.5, 0.6) is 0 Å². The Hall–Kier alpha value is -0.480. The van der Waals surface area contributed by atoms with Crippen molar-refractivity contribution < 1.29 is 0 Å². The van der Waals surface area contributed by atoms with Crippen LogP contribution in [0, 0.1) is 0 Å². The van der Waals surface area contributed by atoms with Gasteiger partial charge in [-0.2, -0.15) is 16.9 Å². The van der Waals surface area contributed by atoms with E-state index in [9.17, 15) is 0 Å². The van der Waals surface area contributed by atoms with Gasteiger partial charge in [-0.15, -0.1) is 0 Å². The SMILES string of the molecule is CCN1CCSCC1c1cnn(C)c1. The zero-order valence-corrected chi connectivity index (χ0v) is 9.63. The number of aromatic nitrogens is 2. The molecule has 2 heterocycles. The highest BCUT2D eigenvalue weighted by Gasteiger charge is 2.23. The smallest absolute Gasteiger partial charge is 0.0537 e. The monoisotopic (exact) mass is 211 g/mol. The van der Waals surface area contributed by atoms with E-state index in [2.05, 4.69) is 23.1 Å². The summed E-state index contributed by atoms with van der Waals surface area (Å²) in [7, 11) is 1.98. The zero-order valence-electron chi connectivity index (χ0n) is 8.81. The van der Waals surface area contributed by atoms with Gasteiger partial charge in [-0.3, -0.25) is 9.58 Å². The third-order valence-electron chi connectivity index (χ3n) is 2.76. The number of thioether (sulfide) groups is 1. The largest absolute Gasteiger partial charge is 0.295 e. The Labute approximate surface area is 89.5 Å². The summed E-state index contributed by atoms with van der Waals surface area (Å²) in [6.45, 7) is 4.58. The highest BCUT2D eigenvalue weighted by Crippen LogP contribution is 2.28. The Balaban J connectivity index is 2.14. The van der Waals surface area contributed by atoms with E-state index in [-0.39, 0.29) is 0 Å². The molecule has 1 aliphatic rings. The van der Waals surface area contributed by atoms with Crippen LogP contribution in [0.15, 0.2) is 12.4 Å². The summed E-state index contributed by atoms with van der Waals surface area (Å²) in [5.41, 5.74) is 1.36. The standard InChI is InChI=1S/C10H17N3S/c1-3-13-4-5-14-8-10(13)9-6-11-12(2)7-9/h6-7,10H,3-5,8H2,1-2H3. The topological polar surface area (TPSA) is 21.1 Å². The lowest BCUT2D eigenvalue weighted by atomic mass is 10.1. The van der Waals surface area contributed by atoms with Gasteiger partial charge in [0, 0.05) is 42.9 Å². The Morgan fingerprint density at radius 3 is 3.14 bits per heavy atom. The van der Waals surface area contributed by atoms with E-state index in [4.69, 9.17) is 0 Å². The molecule has 78 valence electrons. The molecular formula is C10H17N3S. The first-order valence-corrected chi connectivity index (χ1v) is 6.27. The van der Waals surface area contributed by atoms with E-state index in [0.29, 0.717) is 6.04 Å². The Morgan fingerprint density at radius 2 is 2.50 bits per heavy atom. The summed E-state index contributed by atoms with van der Waals surface area (Å²) >= 11 is 2.05. The lowest BCUT2D eigenvalue weighted by Crippen LogP contribution is -2.35. The quantitative estimate of drug-likeness (QED) is 0.740. The van der Waals surface area contributed by atoms with Crippen molar-refractivity contribution in [2.45, 2.75) is 13.0 Å². The van der Waals surface area contributed by atoms with E-state index in [0.717, 1.165) is 6.54 Å². The highest BCUT2D eigenvalue weighted by molar-refractivity contribution is 7.99. The normalized spacial score (nSPS) is 24.0. The van der Waals surface area contributed by atoms with Crippen LogP contribution in [-0.2, 0) is 7.05 Å². The van der Waals surface area contributed by atoms with Crippen molar-refractivity contribution in [3.8, 4) is 0 Å². The highest BCUT2D eigenvalue weighted by atomic mass is 32.2. The molecule has 0 aromatic carbocycles. The molecule has 1 aliphatic heterocycles. The first-order chi connectivity index (χ1) is 6.81. The Kier molecular flexibility index (Phi) is 3.13. The van der Waals surface area contributed by atoms with Gasteiger partial charge in [0.25, 0.3) is 0 Å². The molecule has 14 heavy (non-hydrogen) atoms. The van der Waals surface area contributed by atoms with E-state index >= 15 is 0 Å². The molecule has 1 fully saturated rings. The fraction of sp³-hybridized carbons (Fsp3) is 0.700. The van der Waals surface area contributed by atoms with Crippen LogP contribution >= 0.6 is 11.8 Å². The van der Waals surface area contributed by atoms with E-state index < -0.39 is 0 Å². The van der Waals surface area contributed by atoms with Crippen molar-refractivity contribution in [3.05, 3.63) is 18.0 Å². The van der Waals surface area contributed by atoms with Crippen molar-refractivity contribution >= 4 is 11.8 Å². The van der Waals surface area contributed by atoms with Gasteiger partial charge in [0.15, 0.2) is 0 Å². The van der Waals surface area contributed by atoms with E-state index in [1.54, 1.807) is 0 Å². The fourth-order valence-corrected chi connectivity index (χ4v) is 3.09. The predicted octanol–water partition coefficient (Wildman–Crippen LogP) is 1.53. The maximum absolute atomic E-state index is 4.24. The van der Waals surface area contributed by atoms with Crippen LogP contribution in [0.25, 0.3) is 0 Å². The molecule has 1 unspecified atom stereocenters. The number of hydrogen-bond acceptors (Lipinski definition) is 3. The molecule has 1 aromatic heterocycles. The molecule has 3 nitrogen and oxygen atoms in total. The average molecular weight is 211 g/mol. The second-order valence-corrected chi connectivity index (χ2v) is 4.82. The molecule has 0 spiro atoms. The maximum Gasteiger partial charge on any atom is 0.0537 e. The lowest BCUT2D eigenvalue weighted by molar-refractivity contribution is 0.233. The molecule has 2 rings (SSSR count). The van der Waals surface area contributed by atoms with E-state index in [1.165, 1.54) is 23.6 Å². The summed E-state index contributed by atoms with van der Waals surface area (Å²) < 4.78 is 1.89. The van der Waals surface area contributed by atoms with Crippen molar-refractivity contribution in [1.82, 2.24) is 14.7 Å². The van der Waals surface area contributed by atoms with Crippen molar-refractivity contribution in [2.75, 3.05) is 24.6 Å². The third-order valence-corrected chi connectivity index (χ3v) is 3.78. The van der Waals surface area contributed by atoms with Crippen molar-refractivity contribution in [2.24, 2.45) is 7.05 Å². The molecular weight excluding hydrogens is 194 g/mol. The number of aryl methyl sites for hydroxylation is 1. The first kappa shape index (κ1) is 10.1. The van der Waals surface area contributed by atoms with Gasteiger partial charge < -0.3 is 0 Å². The Morgan fingerprint density at radius 1 is 1.64 bits per heavy atom. The van der Waals surface area contributed by atoms with Crippen molar-refractivity contribution in [3.63, 3.8) is 0 Å². The van der Waals surface area contributed by atoms with Crippen LogP contribution in [0.4, 0.5) is 0 Å². The second-order valence-electron chi connectivity index (χ2n) is 3.67. The molecule has 0 saturated carbocycles. The summed E-state index contributed by atoms with van der Waals surface area (Å²) in [4.78, 5) is 2.54. The second kappa shape index (κ2) is 4.36. The van der Waals surface area contributed by atoms with Gasteiger partial charge in [-0.25, -0.2) is 0 Å². The summed E-state index contributed by atoms with van der Waals surface area (Å²) in [6, 6.07) is 0.576. The van der Waals surface area contributed by atoms with Gasteiger partial charge in [0.1, 0.15) is 0 Å². The molecule has 0 bridgehead atoms. The predicted molar refractivity (Wildman–Crippen MR) is 60.5 cm³/mol. The van der Waals surface area contributed by atoms with Crippen LogP contribution < -0.4 is 0 Å². The van der Waals surface area contributed by atoms with Crippen LogP contribution in [0.1, 0.15) is 18.5 Å². The first-order valence-electron chi connectivity index (χ1n) is 5.11. The number of hydrogen-bond donors (Lipinski definition) is 0. The minimum atomic E-state index is 0.576. The van der Waals surface area contributed by atoms with E-state index in [1.807, 2.05) is 29.7 Å². The van der Waals surface area contributed by atoms with Crippen molar-refractivity contribution in [1.29, 1.82) is 0 Å². The minimum Gasteiger partial charge on any atom is -0.295 e. The average Bonchev–Trinajstić information content (AvgIpc) is 2.65. The number of nitrogens with zero attached hydrogens (tertiary/aromatic N) is 3. The molecule has 0 radical (unpaired) electrons. The lowest BCUT2D eigenvalue weighted by Gasteiger charge is -2.33. The summed E-state index contributed by atoms with van der Waals surface area (Å²) in [6.07, 6.45) is 4.14. The van der Waals surface area contributed by atoms with Gasteiger partial charge in [0.2, 0.25) is 0 Å². The summed E-state index contributed by atoms with van der Waals surface area (Å²) in [5, 5.41) is 4.24. The van der Waals surface area contributed by atoms with Gasteiger partial charge in [0.05, 0.1) is 6.20 Å². The van der Waals surface area contributed by atoms with Gasteiger partial charge in [-0.05, 0) is 6.54 Å². The van der Waals surface area contributed by atoms with Crippen LogP contribution in [0.3, 0.4) is 0 Å². The molecule has 1 aromatic rings.